The molecule has 0 radical (unpaired) electrons. The maximum atomic E-state index is 12.5. The first-order chi connectivity index (χ1) is 14.2. The lowest BCUT2D eigenvalue weighted by molar-refractivity contribution is -0.150. The molecule has 30 heavy (non-hydrogen) atoms. The van der Waals surface area contributed by atoms with E-state index in [2.05, 4.69) is 26.6 Å². The van der Waals surface area contributed by atoms with Gasteiger partial charge < -0.3 is 21.1 Å². The van der Waals surface area contributed by atoms with Crippen LogP contribution in [0.2, 0.25) is 0 Å². The van der Waals surface area contributed by atoms with Crippen molar-refractivity contribution >= 4 is 45.3 Å². The summed E-state index contributed by atoms with van der Waals surface area (Å²) in [5, 5.41) is 5.19. The van der Waals surface area contributed by atoms with Crippen molar-refractivity contribution in [2.24, 2.45) is 11.7 Å². The van der Waals surface area contributed by atoms with Gasteiger partial charge in [-0.2, -0.15) is 0 Å². The van der Waals surface area contributed by atoms with Crippen LogP contribution in [0.15, 0.2) is 53.0 Å². The fraction of sp³-hybridized carbons (Fsp3) is 0.238. The number of carbonyl (C=O) groups is 4. The molecule has 4 N–H and O–H groups in total. The van der Waals surface area contributed by atoms with Gasteiger partial charge in [0.1, 0.15) is 6.04 Å². The second-order valence-electron chi connectivity index (χ2n) is 6.77. The minimum absolute atomic E-state index is 0.256. The Balaban J connectivity index is 1.93. The van der Waals surface area contributed by atoms with E-state index in [4.69, 9.17) is 10.5 Å². The average Bonchev–Trinajstić information content (AvgIpc) is 2.70. The summed E-state index contributed by atoms with van der Waals surface area (Å²) in [7, 11) is 0. The third-order valence-electron chi connectivity index (χ3n) is 4.12. The SMILES string of the molecule is CC(C)[C@@H](NC(=O)c1ccccc1Br)C(=O)OCC(=O)Nc1ccc(C(N)=O)cc1. The van der Waals surface area contributed by atoms with Gasteiger partial charge in [0.25, 0.3) is 11.8 Å². The van der Waals surface area contributed by atoms with Crippen LogP contribution in [0.5, 0.6) is 0 Å². The third kappa shape index (κ3) is 6.41. The van der Waals surface area contributed by atoms with E-state index >= 15 is 0 Å². The topological polar surface area (TPSA) is 128 Å². The van der Waals surface area contributed by atoms with Crippen molar-refractivity contribution in [2.45, 2.75) is 19.9 Å². The molecule has 0 fully saturated rings. The number of halogens is 1. The number of carbonyl (C=O) groups excluding carboxylic acids is 4. The van der Waals surface area contributed by atoms with E-state index in [9.17, 15) is 19.2 Å². The quantitative estimate of drug-likeness (QED) is 0.505. The lowest BCUT2D eigenvalue weighted by Crippen LogP contribution is -2.46. The number of esters is 1. The molecule has 0 aliphatic heterocycles. The summed E-state index contributed by atoms with van der Waals surface area (Å²) >= 11 is 3.30. The number of benzene rings is 2. The normalized spacial score (nSPS) is 11.5. The highest BCUT2D eigenvalue weighted by Gasteiger charge is 2.27. The summed E-state index contributed by atoms with van der Waals surface area (Å²) in [5.41, 5.74) is 6.27. The number of hydrogen-bond acceptors (Lipinski definition) is 5. The number of amides is 3. The molecule has 2 aromatic rings. The third-order valence-corrected chi connectivity index (χ3v) is 4.82. The van der Waals surface area contributed by atoms with Gasteiger partial charge in [0, 0.05) is 15.7 Å². The van der Waals surface area contributed by atoms with Gasteiger partial charge in [0.2, 0.25) is 5.91 Å². The summed E-state index contributed by atoms with van der Waals surface area (Å²) in [4.78, 5) is 48.0. The summed E-state index contributed by atoms with van der Waals surface area (Å²) in [5.74, 6) is -2.55. The molecule has 3 amide bonds. The van der Waals surface area contributed by atoms with Crippen LogP contribution in [0.3, 0.4) is 0 Å². The number of anilines is 1. The monoisotopic (exact) mass is 475 g/mol. The van der Waals surface area contributed by atoms with Crippen LogP contribution in [-0.2, 0) is 14.3 Å². The molecule has 8 nitrogen and oxygen atoms in total. The van der Waals surface area contributed by atoms with Crippen LogP contribution in [0.4, 0.5) is 5.69 Å². The van der Waals surface area contributed by atoms with Gasteiger partial charge in [-0.3, -0.25) is 14.4 Å². The van der Waals surface area contributed by atoms with Gasteiger partial charge in [-0.25, -0.2) is 4.79 Å². The lowest BCUT2D eigenvalue weighted by atomic mass is 10.0. The van der Waals surface area contributed by atoms with Gasteiger partial charge in [-0.15, -0.1) is 0 Å². The second kappa shape index (κ2) is 10.5. The van der Waals surface area contributed by atoms with E-state index < -0.39 is 36.3 Å². The molecule has 2 aromatic carbocycles. The molecule has 0 aromatic heterocycles. The Morgan fingerprint density at radius 2 is 1.67 bits per heavy atom. The highest BCUT2D eigenvalue weighted by molar-refractivity contribution is 9.10. The maximum absolute atomic E-state index is 12.5. The average molecular weight is 476 g/mol. The summed E-state index contributed by atoms with van der Waals surface area (Å²) < 4.78 is 5.67. The molecule has 0 bridgehead atoms. The Morgan fingerprint density at radius 1 is 1.03 bits per heavy atom. The van der Waals surface area contributed by atoms with Crippen molar-refractivity contribution in [1.82, 2.24) is 5.32 Å². The molecular weight excluding hydrogens is 454 g/mol. The number of ether oxygens (including phenoxy) is 1. The van der Waals surface area contributed by atoms with Crippen molar-refractivity contribution < 1.29 is 23.9 Å². The second-order valence-corrected chi connectivity index (χ2v) is 7.63. The fourth-order valence-corrected chi connectivity index (χ4v) is 2.97. The zero-order valence-electron chi connectivity index (χ0n) is 16.5. The van der Waals surface area contributed by atoms with Crippen molar-refractivity contribution in [2.75, 3.05) is 11.9 Å². The van der Waals surface area contributed by atoms with Crippen LogP contribution in [-0.4, -0.2) is 36.3 Å². The lowest BCUT2D eigenvalue weighted by Gasteiger charge is -2.21. The molecule has 0 saturated heterocycles. The van der Waals surface area contributed by atoms with Gasteiger partial charge in [0.15, 0.2) is 6.61 Å². The molecule has 0 aliphatic rings. The molecule has 2 rings (SSSR count). The first-order valence-electron chi connectivity index (χ1n) is 9.10. The van der Waals surface area contributed by atoms with Crippen molar-refractivity contribution in [3.05, 3.63) is 64.1 Å². The first kappa shape index (κ1) is 23.1. The van der Waals surface area contributed by atoms with Gasteiger partial charge in [-0.05, 0) is 58.2 Å². The smallest absolute Gasteiger partial charge is 0.329 e. The number of hydrogen-bond donors (Lipinski definition) is 3. The minimum atomic E-state index is -0.924. The van der Waals surface area contributed by atoms with Crippen LogP contribution in [0.25, 0.3) is 0 Å². The predicted octanol–water partition coefficient (Wildman–Crippen LogP) is 2.48. The molecule has 0 aliphatic carbocycles. The number of nitrogens with one attached hydrogen (secondary N) is 2. The van der Waals surface area contributed by atoms with Gasteiger partial charge >= 0.3 is 5.97 Å². The van der Waals surface area contributed by atoms with Crippen LogP contribution >= 0.6 is 15.9 Å². The summed E-state index contributed by atoms with van der Waals surface area (Å²) in [6.45, 7) is 2.99. The minimum Gasteiger partial charge on any atom is -0.454 e. The molecule has 9 heteroatoms. The fourth-order valence-electron chi connectivity index (χ4n) is 2.50. The van der Waals surface area contributed by atoms with E-state index in [0.29, 0.717) is 21.3 Å². The predicted molar refractivity (Wildman–Crippen MR) is 115 cm³/mol. The Bertz CT molecular complexity index is 944. The van der Waals surface area contributed by atoms with Gasteiger partial charge in [0.05, 0.1) is 5.56 Å². The number of primary amides is 1. The molecule has 0 heterocycles. The van der Waals surface area contributed by atoms with Crippen molar-refractivity contribution in [3.8, 4) is 0 Å². The molecule has 0 spiro atoms. The number of rotatable bonds is 8. The standard InChI is InChI=1S/C21H22BrN3O5/c1-12(2)18(25-20(28)15-5-3-4-6-16(15)22)21(29)30-11-17(26)24-14-9-7-13(8-10-14)19(23)27/h3-10,12,18H,11H2,1-2H3,(H2,23,27)(H,24,26)(H,25,28)/t18-/m1/s1. The van der Waals surface area contributed by atoms with E-state index in [1.54, 1.807) is 38.1 Å². The Morgan fingerprint density at radius 3 is 2.23 bits per heavy atom. The molecule has 0 unspecified atom stereocenters. The van der Waals surface area contributed by atoms with Crippen molar-refractivity contribution in [1.29, 1.82) is 0 Å². The Kier molecular flexibility index (Phi) is 8.11. The van der Waals surface area contributed by atoms with Crippen LogP contribution < -0.4 is 16.4 Å². The van der Waals surface area contributed by atoms with E-state index in [1.165, 1.54) is 24.3 Å². The zero-order valence-corrected chi connectivity index (χ0v) is 18.1. The van der Waals surface area contributed by atoms with Crippen molar-refractivity contribution in [3.63, 3.8) is 0 Å². The maximum Gasteiger partial charge on any atom is 0.329 e. The highest BCUT2D eigenvalue weighted by Crippen LogP contribution is 2.16. The molecular formula is C21H22BrN3O5. The van der Waals surface area contributed by atoms with Crippen LogP contribution in [0.1, 0.15) is 34.6 Å². The van der Waals surface area contributed by atoms with Gasteiger partial charge in [-0.1, -0.05) is 26.0 Å². The zero-order chi connectivity index (χ0) is 22.3. The Hall–Kier alpha value is -3.20. The number of nitrogens with two attached hydrogens (primary N) is 1. The van der Waals surface area contributed by atoms with E-state index in [-0.39, 0.29) is 5.92 Å². The highest BCUT2D eigenvalue weighted by atomic mass is 79.9. The Labute approximate surface area is 182 Å². The molecule has 0 saturated carbocycles. The van der Waals surface area contributed by atoms with Crippen LogP contribution in [0, 0.1) is 5.92 Å². The first-order valence-corrected chi connectivity index (χ1v) is 9.90. The van der Waals surface area contributed by atoms with E-state index in [1.807, 2.05) is 0 Å². The largest absolute Gasteiger partial charge is 0.454 e. The van der Waals surface area contributed by atoms with E-state index in [0.717, 1.165) is 0 Å². The molecule has 158 valence electrons. The molecule has 1 atom stereocenters. The summed E-state index contributed by atoms with van der Waals surface area (Å²) in [6.07, 6.45) is 0. The summed E-state index contributed by atoms with van der Waals surface area (Å²) in [6, 6.07) is 11.9.